The highest BCUT2D eigenvalue weighted by atomic mass is 16.4. The number of hydrogen-bond donors (Lipinski definition) is 6. The lowest BCUT2D eigenvalue weighted by molar-refractivity contribution is -0.165. The summed E-state index contributed by atoms with van der Waals surface area (Å²) in [4.78, 5) is 19.5. The molecule has 0 aliphatic heterocycles. The Morgan fingerprint density at radius 3 is 1.12 bits per heavy atom. The standard InChI is InChI=1S/C4H12N2.C4H6O6/c1-3(5)4(2)6;5-1(3(7)8)2(6)4(9)10/h3-4H,5-6H2,1-2H3;1-2,5-6H,(H,7,8)(H,9,10). The van der Waals surface area contributed by atoms with Crippen molar-refractivity contribution in [3.63, 3.8) is 0 Å². The van der Waals surface area contributed by atoms with Gasteiger partial charge in [-0.3, -0.25) is 0 Å². The number of aliphatic carboxylic acids is 2. The fraction of sp³-hybridized carbons (Fsp3) is 0.750. The Kier molecular flexibility index (Phi) is 8.58. The molecule has 0 radical (unpaired) electrons. The summed E-state index contributed by atoms with van der Waals surface area (Å²) in [6.45, 7) is 3.79. The number of aliphatic hydroxyl groups is 2. The molecule has 0 heterocycles. The van der Waals surface area contributed by atoms with Crippen LogP contribution < -0.4 is 11.5 Å². The van der Waals surface area contributed by atoms with Gasteiger partial charge < -0.3 is 31.9 Å². The van der Waals surface area contributed by atoms with Crippen molar-refractivity contribution in [1.29, 1.82) is 0 Å². The van der Waals surface area contributed by atoms with Gasteiger partial charge in [-0.2, -0.15) is 0 Å². The van der Waals surface area contributed by atoms with Crippen LogP contribution in [0.1, 0.15) is 13.8 Å². The van der Waals surface area contributed by atoms with E-state index in [4.69, 9.17) is 31.9 Å². The second-order valence-corrected chi connectivity index (χ2v) is 3.28. The Bertz CT molecular complexity index is 207. The lowest BCUT2D eigenvalue weighted by Crippen LogP contribution is -2.39. The molecule has 0 bridgehead atoms. The van der Waals surface area contributed by atoms with Crippen molar-refractivity contribution in [2.75, 3.05) is 0 Å². The van der Waals surface area contributed by atoms with Crippen LogP contribution in [0.2, 0.25) is 0 Å². The number of hydrogen-bond acceptors (Lipinski definition) is 6. The Hall–Kier alpha value is -1.22. The molecule has 0 rings (SSSR count). The second kappa shape index (κ2) is 7.99. The van der Waals surface area contributed by atoms with E-state index in [1.807, 2.05) is 13.8 Å². The van der Waals surface area contributed by atoms with E-state index in [0.717, 1.165) is 0 Å². The predicted octanol–water partition coefficient (Wildman–Crippen LogP) is -2.44. The lowest BCUT2D eigenvalue weighted by atomic mass is 10.2. The molecule has 0 fully saturated rings. The van der Waals surface area contributed by atoms with Gasteiger partial charge in [0.1, 0.15) is 0 Å². The van der Waals surface area contributed by atoms with Gasteiger partial charge in [-0.25, -0.2) is 9.59 Å². The normalized spacial score (nSPS) is 17.4. The summed E-state index contributed by atoms with van der Waals surface area (Å²) in [6, 6.07) is 0.259. The molecule has 0 aromatic rings. The van der Waals surface area contributed by atoms with E-state index in [1.54, 1.807) is 0 Å². The van der Waals surface area contributed by atoms with Gasteiger partial charge in [0.2, 0.25) is 0 Å². The molecule has 8 nitrogen and oxygen atoms in total. The van der Waals surface area contributed by atoms with Crippen LogP contribution in [-0.2, 0) is 9.59 Å². The van der Waals surface area contributed by atoms with Gasteiger partial charge in [0, 0.05) is 12.1 Å². The number of carboxylic acids is 2. The summed E-state index contributed by atoms with van der Waals surface area (Å²) in [7, 11) is 0. The molecule has 0 aliphatic rings. The van der Waals surface area contributed by atoms with E-state index in [1.165, 1.54) is 0 Å². The highest BCUT2D eigenvalue weighted by molar-refractivity contribution is 5.83. The minimum absolute atomic E-state index is 0.130. The maximum absolute atomic E-state index is 9.77. The van der Waals surface area contributed by atoms with Gasteiger partial charge >= 0.3 is 11.9 Å². The molecule has 0 aliphatic carbocycles. The fourth-order valence-electron chi connectivity index (χ4n) is 0.270. The minimum atomic E-state index is -2.27. The van der Waals surface area contributed by atoms with Gasteiger partial charge in [0.05, 0.1) is 0 Å². The summed E-state index contributed by atoms with van der Waals surface area (Å²) in [6.07, 6.45) is -4.53. The van der Waals surface area contributed by atoms with Crippen molar-refractivity contribution in [3.05, 3.63) is 0 Å². The van der Waals surface area contributed by atoms with E-state index < -0.39 is 24.1 Å². The Labute approximate surface area is 92.5 Å². The first-order valence-electron chi connectivity index (χ1n) is 4.44. The zero-order valence-electron chi connectivity index (χ0n) is 9.07. The highest BCUT2D eigenvalue weighted by Gasteiger charge is 2.29. The molecule has 16 heavy (non-hydrogen) atoms. The van der Waals surface area contributed by atoms with E-state index in [0.29, 0.717) is 0 Å². The molecule has 8 heteroatoms. The van der Waals surface area contributed by atoms with Crippen LogP contribution in [0.15, 0.2) is 0 Å². The van der Waals surface area contributed by atoms with Crippen LogP contribution in [0, 0.1) is 0 Å². The molecule has 96 valence electrons. The molecular weight excluding hydrogens is 220 g/mol. The maximum Gasteiger partial charge on any atom is 0.335 e. The average molecular weight is 238 g/mol. The predicted molar refractivity (Wildman–Crippen MR) is 54.6 cm³/mol. The molecule has 0 saturated heterocycles. The number of carbonyl (C=O) groups is 2. The highest BCUT2D eigenvalue weighted by Crippen LogP contribution is 1.92. The zero-order chi connectivity index (χ0) is 13.5. The molecule has 0 aromatic heterocycles. The van der Waals surface area contributed by atoms with Crippen LogP contribution in [0.25, 0.3) is 0 Å². The Morgan fingerprint density at radius 1 is 0.875 bits per heavy atom. The van der Waals surface area contributed by atoms with Crippen molar-refractivity contribution in [2.45, 2.75) is 38.1 Å². The van der Waals surface area contributed by atoms with Crippen molar-refractivity contribution in [3.8, 4) is 0 Å². The van der Waals surface area contributed by atoms with E-state index in [2.05, 4.69) is 0 Å². The maximum atomic E-state index is 9.77. The third kappa shape index (κ3) is 8.12. The number of carboxylic acid groups (broad SMARTS) is 2. The SMILES string of the molecule is CC(N)C(C)N.O=C(O)C(O)C(O)C(=O)O. The third-order valence-electron chi connectivity index (χ3n) is 1.63. The van der Waals surface area contributed by atoms with Crippen LogP contribution >= 0.6 is 0 Å². The average Bonchev–Trinajstić information content (AvgIpc) is 2.15. The number of nitrogens with two attached hydrogens (primary N) is 2. The summed E-state index contributed by atoms with van der Waals surface area (Å²) in [5, 5.41) is 32.5. The molecule has 8 N–H and O–H groups in total. The molecule has 0 aromatic carbocycles. The van der Waals surface area contributed by atoms with Crippen molar-refractivity contribution < 1.29 is 30.0 Å². The van der Waals surface area contributed by atoms with Gasteiger partial charge in [0.25, 0.3) is 0 Å². The lowest BCUT2D eigenvalue weighted by Gasteiger charge is -2.07. The molecule has 0 spiro atoms. The summed E-state index contributed by atoms with van der Waals surface area (Å²) in [5.74, 6) is -3.54. The quantitative estimate of drug-likeness (QED) is 0.314. The second-order valence-electron chi connectivity index (χ2n) is 3.28. The van der Waals surface area contributed by atoms with Crippen molar-refractivity contribution in [2.24, 2.45) is 11.5 Å². The van der Waals surface area contributed by atoms with Crippen LogP contribution in [0.4, 0.5) is 0 Å². The molecule has 4 atom stereocenters. The zero-order valence-corrected chi connectivity index (χ0v) is 9.07. The largest absolute Gasteiger partial charge is 0.479 e. The van der Waals surface area contributed by atoms with E-state index in [-0.39, 0.29) is 12.1 Å². The van der Waals surface area contributed by atoms with Gasteiger partial charge in [-0.05, 0) is 13.8 Å². The first-order valence-corrected chi connectivity index (χ1v) is 4.44. The minimum Gasteiger partial charge on any atom is -0.479 e. The van der Waals surface area contributed by atoms with Crippen molar-refractivity contribution >= 4 is 11.9 Å². The summed E-state index contributed by atoms with van der Waals surface area (Å²) >= 11 is 0. The Balaban J connectivity index is 0. The topological polar surface area (TPSA) is 167 Å². The number of rotatable bonds is 4. The summed E-state index contributed by atoms with van der Waals surface area (Å²) < 4.78 is 0. The first-order chi connectivity index (χ1) is 7.11. The van der Waals surface area contributed by atoms with Crippen molar-refractivity contribution in [1.82, 2.24) is 0 Å². The van der Waals surface area contributed by atoms with Crippen LogP contribution in [0.5, 0.6) is 0 Å². The number of aliphatic hydroxyl groups excluding tert-OH is 2. The summed E-state index contributed by atoms with van der Waals surface area (Å²) in [5.41, 5.74) is 10.6. The van der Waals surface area contributed by atoms with E-state index >= 15 is 0 Å². The molecular formula is C8H18N2O6. The fourth-order valence-corrected chi connectivity index (χ4v) is 0.270. The van der Waals surface area contributed by atoms with Crippen LogP contribution in [-0.4, -0.2) is 56.7 Å². The smallest absolute Gasteiger partial charge is 0.335 e. The van der Waals surface area contributed by atoms with Crippen LogP contribution in [0.3, 0.4) is 0 Å². The Morgan fingerprint density at radius 2 is 1.06 bits per heavy atom. The monoisotopic (exact) mass is 238 g/mol. The van der Waals surface area contributed by atoms with Gasteiger partial charge in [-0.15, -0.1) is 0 Å². The first kappa shape index (κ1) is 17.2. The molecule has 0 saturated carbocycles. The third-order valence-corrected chi connectivity index (χ3v) is 1.63. The van der Waals surface area contributed by atoms with E-state index in [9.17, 15) is 9.59 Å². The molecule has 0 amide bonds. The van der Waals surface area contributed by atoms with Gasteiger partial charge in [-0.1, -0.05) is 0 Å². The molecule has 4 unspecified atom stereocenters. The van der Waals surface area contributed by atoms with Gasteiger partial charge in [0.15, 0.2) is 12.2 Å².